The summed E-state index contributed by atoms with van der Waals surface area (Å²) in [7, 11) is 0. The Hall–Kier alpha value is -2.44. The Labute approximate surface area is 194 Å². The molecule has 0 radical (unpaired) electrons. The molecular weight excluding hydrogens is 417 g/mol. The van der Waals surface area contributed by atoms with Crippen molar-refractivity contribution >= 4 is 6.02 Å². The first-order valence-corrected chi connectivity index (χ1v) is 12.4. The van der Waals surface area contributed by atoms with Gasteiger partial charge in [0, 0.05) is 32.6 Å². The Morgan fingerprint density at radius 2 is 1.91 bits per heavy atom. The molecule has 1 saturated heterocycles. The summed E-state index contributed by atoms with van der Waals surface area (Å²) < 4.78 is 20.6. The number of likely N-dealkylation sites (tertiary alicyclic amines) is 1. The van der Waals surface area contributed by atoms with E-state index in [0.717, 1.165) is 44.1 Å². The Morgan fingerprint density at radius 3 is 2.67 bits per heavy atom. The average Bonchev–Trinajstić information content (AvgIpc) is 3.37. The van der Waals surface area contributed by atoms with Crippen LogP contribution in [0.3, 0.4) is 0 Å². The highest BCUT2D eigenvalue weighted by Crippen LogP contribution is 2.47. The van der Waals surface area contributed by atoms with Gasteiger partial charge in [-0.3, -0.25) is 4.90 Å². The molecule has 1 unspecified atom stereocenters. The average molecular weight is 450 g/mol. The first-order valence-electron chi connectivity index (χ1n) is 12.4. The van der Waals surface area contributed by atoms with E-state index in [1.165, 1.54) is 30.4 Å². The summed E-state index contributed by atoms with van der Waals surface area (Å²) in [6.45, 7) is 3.45. The third-order valence-corrected chi connectivity index (χ3v) is 8.15. The van der Waals surface area contributed by atoms with Crippen LogP contribution < -0.4 is 0 Å². The van der Waals surface area contributed by atoms with Crippen LogP contribution in [0, 0.1) is 11.7 Å². The van der Waals surface area contributed by atoms with Crippen molar-refractivity contribution < 1.29 is 14.2 Å². The zero-order chi connectivity index (χ0) is 22.4. The first kappa shape index (κ1) is 21.1. The van der Waals surface area contributed by atoms with Gasteiger partial charge in [0.25, 0.3) is 6.02 Å². The van der Waals surface area contributed by atoms with Crippen molar-refractivity contribution in [2.24, 2.45) is 10.9 Å². The molecule has 5 nitrogen and oxygen atoms in total. The normalized spacial score (nSPS) is 29.6. The highest BCUT2D eigenvalue weighted by molar-refractivity contribution is 5.78. The smallest absolute Gasteiger partial charge is 0.289 e. The molecule has 1 spiro atoms. The maximum Gasteiger partial charge on any atom is 0.289 e. The number of benzene rings is 2. The lowest BCUT2D eigenvalue weighted by atomic mass is 9.73. The van der Waals surface area contributed by atoms with Crippen molar-refractivity contribution in [2.45, 2.75) is 49.8 Å². The van der Waals surface area contributed by atoms with Crippen LogP contribution in [0.25, 0.3) is 0 Å². The number of halogens is 1. The molecule has 4 aliphatic rings. The molecule has 0 bridgehead atoms. The fourth-order valence-electron chi connectivity index (χ4n) is 6.25. The Kier molecular flexibility index (Phi) is 5.38. The summed E-state index contributed by atoms with van der Waals surface area (Å²) >= 11 is 0. The molecule has 174 valence electrons. The van der Waals surface area contributed by atoms with Gasteiger partial charge >= 0.3 is 0 Å². The molecule has 6 heteroatoms. The topological polar surface area (TPSA) is 48.3 Å². The van der Waals surface area contributed by atoms with Crippen molar-refractivity contribution in [3.63, 3.8) is 0 Å². The van der Waals surface area contributed by atoms with Crippen molar-refractivity contribution in [2.75, 3.05) is 32.8 Å². The fourth-order valence-corrected chi connectivity index (χ4v) is 6.25. The van der Waals surface area contributed by atoms with Crippen LogP contribution in [-0.4, -0.2) is 65.4 Å². The number of fused-ring (bicyclic) bond motifs is 1. The summed E-state index contributed by atoms with van der Waals surface area (Å²) in [5.74, 6) is 0.362. The van der Waals surface area contributed by atoms with Gasteiger partial charge in [0.05, 0.1) is 18.7 Å². The van der Waals surface area contributed by atoms with Crippen LogP contribution in [0.5, 0.6) is 0 Å². The summed E-state index contributed by atoms with van der Waals surface area (Å²) in [6, 6.07) is 16.3. The predicted molar refractivity (Wildman–Crippen MR) is 126 cm³/mol. The van der Waals surface area contributed by atoms with Crippen LogP contribution in [-0.2, 0) is 11.2 Å². The number of amidine groups is 1. The standard InChI is InChI=1S/C27H32FN3O2/c28-22-10-8-20(9-11-22)24-23-7-2-1-4-19(23)12-14-31(24)26-29-25(21-5-3-6-21)27(33-26)13-15-30(18-27)16-17-32/h1-2,4,7-11,21,24-25,32H,3,5-6,12-18H2/t24-,25?,27-/m0/s1. The van der Waals surface area contributed by atoms with Crippen molar-refractivity contribution in [3.05, 3.63) is 71.0 Å². The van der Waals surface area contributed by atoms with E-state index in [-0.39, 0.29) is 30.1 Å². The quantitative estimate of drug-likeness (QED) is 0.772. The third kappa shape index (κ3) is 3.64. The Bertz CT molecular complexity index is 1040. The largest absolute Gasteiger partial charge is 0.455 e. The highest BCUT2D eigenvalue weighted by atomic mass is 19.1. The van der Waals surface area contributed by atoms with Crippen molar-refractivity contribution in [1.29, 1.82) is 0 Å². The summed E-state index contributed by atoms with van der Waals surface area (Å²) in [5.41, 5.74) is 3.35. The van der Waals surface area contributed by atoms with Crippen LogP contribution >= 0.6 is 0 Å². The van der Waals surface area contributed by atoms with Gasteiger partial charge in [-0.15, -0.1) is 0 Å². The number of β-amino-alcohol motifs (C(OH)–C–C–N with tert-alkyl or cyclic N) is 1. The van der Waals surface area contributed by atoms with E-state index < -0.39 is 0 Å². The van der Waals surface area contributed by atoms with Crippen molar-refractivity contribution in [1.82, 2.24) is 9.80 Å². The minimum Gasteiger partial charge on any atom is -0.455 e. The van der Waals surface area contributed by atoms with E-state index >= 15 is 0 Å². The van der Waals surface area contributed by atoms with Gasteiger partial charge in [-0.1, -0.05) is 42.8 Å². The van der Waals surface area contributed by atoms with E-state index in [1.807, 2.05) is 12.1 Å². The number of nitrogens with zero attached hydrogens (tertiary/aromatic N) is 3. The first-order chi connectivity index (χ1) is 16.2. The van der Waals surface area contributed by atoms with Crippen LogP contribution in [0.1, 0.15) is 48.4 Å². The van der Waals surface area contributed by atoms with Crippen LogP contribution in [0.15, 0.2) is 53.5 Å². The second-order valence-corrected chi connectivity index (χ2v) is 10.1. The molecular formula is C27H32FN3O2. The maximum atomic E-state index is 13.7. The number of rotatable bonds is 4. The van der Waals surface area contributed by atoms with Gasteiger partial charge < -0.3 is 14.7 Å². The number of aliphatic hydroxyl groups is 1. The van der Waals surface area contributed by atoms with Gasteiger partial charge in [0.15, 0.2) is 0 Å². The second-order valence-electron chi connectivity index (χ2n) is 10.1. The molecule has 2 aromatic rings. The van der Waals surface area contributed by atoms with E-state index in [9.17, 15) is 9.50 Å². The Morgan fingerprint density at radius 1 is 1.09 bits per heavy atom. The van der Waals surface area contributed by atoms with E-state index in [4.69, 9.17) is 9.73 Å². The molecule has 2 aromatic carbocycles. The zero-order valence-corrected chi connectivity index (χ0v) is 19.0. The third-order valence-electron chi connectivity index (χ3n) is 8.15. The number of aliphatic hydroxyl groups excluding tert-OH is 1. The number of hydrogen-bond acceptors (Lipinski definition) is 5. The molecule has 1 saturated carbocycles. The highest BCUT2D eigenvalue weighted by Gasteiger charge is 2.56. The molecule has 1 N–H and O–H groups in total. The van der Waals surface area contributed by atoms with E-state index in [0.29, 0.717) is 12.5 Å². The van der Waals surface area contributed by atoms with E-state index in [1.54, 1.807) is 12.1 Å². The monoisotopic (exact) mass is 449 g/mol. The lowest BCUT2D eigenvalue weighted by Gasteiger charge is -2.40. The molecule has 0 aromatic heterocycles. The van der Waals surface area contributed by atoms with Crippen LogP contribution in [0.2, 0.25) is 0 Å². The zero-order valence-electron chi connectivity index (χ0n) is 19.0. The lowest BCUT2D eigenvalue weighted by Crippen LogP contribution is -2.49. The van der Waals surface area contributed by atoms with Crippen molar-refractivity contribution in [3.8, 4) is 0 Å². The van der Waals surface area contributed by atoms with Crippen LogP contribution in [0.4, 0.5) is 4.39 Å². The van der Waals surface area contributed by atoms with Gasteiger partial charge in [-0.05, 0) is 54.0 Å². The summed E-state index contributed by atoms with van der Waals surface area (Å²) in [5, 5.41) is 9.47. The minimum absolute atomic E-state index is 0.0403. The molecule has 3 aliphatic heterocycles. The number of hydrogen-bond donors (Lipinski definition) is 1. The fraction of sp³-hybridized carbons (Fsp3) is 0.519. The van der Waals surface area contributed by atoms with Gasteiger partial charge in [0.1, 0.15) is 11.4 Å². The molecule has 2 fully saturated rings. The van der Waals surface area contributed by atoms with E-state index in [2.05, 4.69) is 34.1 Å². The lowest BCUT2D eigenvalue weighted by molar-refractivity contribution is 0.0155. The molecule has 3 atom stereocenters. The molecule has 0 amide bonds. The molecule has 6 rings (SSSR count). The second kappa shape index (κ2) is 8.41. The Balaban J connectivity index is 1.37. The summed E-state index contributed by atoms with van der Waals surface area (Å²) in [4.78, 5) is 9.91. The predicted octanol–water partition coefficient (Wildman–Crippen LogP) is 3.76. The van der Waals surface area contributed by atoms with Gasteiger partial charge in [-0.25, -0.2) is 9.38 Å². The SMILES string of the molecule is OCCN1CC[C@@]2(C1)OC(N1CCc3ccccc3[C@@H]1c1ccc(F)cc1)=NC2C1CCC1. The molecule has 1 aliphatic carbocycles. The summed E-state index contributed by atoms with van der Waals surface area (Å²) in [6.07, 6.45) is 5.60. The minimum atomic E-state index is -0.292. The number of ether oxygens (including phenoxy) is 1. The molecule has 33 heavy (non-hydrogen) atoms. The molecule has 3 heterocycles. The maximum absolute atomic E-state index is 13.7. The van der Waals surface area contributed by atoms with Gasteiger partial charge in [0.2, 0.25) is 0 Å². The van der Waals surface area contributed by atoms with Gasteiger partial charge in [-0.2, -0.15) is 0 Å². The number of aliphatic imine (C=N–C) groups is 1.